The number of hydrogen-bond acceptors (Lipinski definition) is 1. The van der Waals surface area contributed by atoms with Gasteiger partial charge in [0.05, 0.1) is 0 Å². The topological polar surface area (TPSA) is 3.24 Å². The van der Waals surface area contributed by atoms with Crippen LogP contribution in [-0.2, 0) is 21.2 Å². The number of halogens is 1. The van der Waals surface area contributed by atoms with E-state index in [1.807, 2.05) is 14.1 Å². The molecule has 0 radical (unpaired) electrons. The molecule has 0 fully saturated rings. The molecule has 0 amide bonds. The summed E-state index contributed by atoms with van der Waals surface area (Å²) in [5.41, 5.74) is 2.49. The molecule has 0 aromatic heterocycles. The number of nitrogens with zero attached hydrogens (tertiary/aromatic N) is 1. The van der Waals surface area contributed by atoms with E-state index < -0.39 is 0 Å². The Bertz CT molecular complexity index is 274. The Morgan fingerprint density at radius 2 is 2.07 bits per heavy atom. The SMILES string of the molecule is C=[C-]Cc1cccc(N(C)C)c1.[Zn+][I]. The van der Waals surface area contributed by atoms with E-state index in [4.69, 9.17) is 0 Å². The van der Waals surface area contributed by atoms with Crippen molar-refractivity contribution in [3.63, 3.8) is 0 Å². The second-order valence-electron chi connectivity index (χ2n) is 2.99. The molecule has 1 aromatic carbocycles. The average molecular weight is 353 g/mol. The predicted octanol–water partition coefficient (Wildman–Crippen LogP) is 3.17. The fourth-order valence-corrected chi connectivity index (χ4v) is 1.09. The number of allylic oxidation sites excluding steroid dienone is 1. The molecule has 3 heteroatoms. The molecule has 0 bridgehead atoms. The van der Waals surface area contributed by atoms with Gasteiger partial charge in [0, 0.05) is 19.8 Å². The maximum atomic E-state index is 3.59. The molecule has 0 saturated heterocycles. The van der Waals surface area contributed by atoms with E-state index in [-0.39, 0.29) is 0 Å². The Balaban J connectivity index is 0.000000791. The Morgan fingerprint density at radius 1 is 1.43 bits per heavy atom. The standard InChI is InChI=1S/C11H14N.HI.Zn/c1-4-6-10-7-5-8-11(9-10)12(2)3;;/h5,7-9H,1,6H2,2-3H3;1H;/q-1;;+2/p-1. The number of anilines is 1. The molecule has 0 aliphatic carbocycles. The van der Waals surface area contributed by atoms with Crippen LogP contribution in [0.2, 0.25) is 0 Å². The van der Waals surface area contributed by atoms with Crippen molar-refractivity contribution < 1.29 is 14.8 Å². The Kier molecular flexibility index (Phi) is 8.49. The van der Waals surface area contributed by atoms with Crippen LogP contribution >= 0.6 is 19.8 Å². The van der Waals surface area contributed by atoms with Gasteiger partial charge in [0.25, 0.3) is 0 Å². The molecule has 0 heterocycles. The summed E-state index contributed by atoms with van der Waals surface area (Å²) in [4.78, 5) is 2.09. The first-order chi connectivity index (χ1) is 6.74. The molecule has 1 rings (SSSR count). The van der Waals surface area contributed by atoms with E-state index in [1.165, 1.54) is 26.0 Å². The summed E-state index contributed by atoms with van der Waals surface area (Å²) in [6, 6.07) is 8.39. The van der Waals surface area contributed by atoms with Crippen LogP contribution in [0.25, 0.3) is 0 Å². The van der Waals surface area contributed by atoms with Crippen LogP contribution in [0.3, 0.4) is 0 Å². The van der Waals surface area contributed by atoms with Crippen LogP contribution in [0.4, 0.5) is 5.69 Å². The Morgan fingerprint density at radius 3 is 2.57 bits per heavy atom. The van der Waals surface area contributed by atoms with Crippen LogP contribution in [0, 0.1) is 6.08 Å². The summed E-state index contributed by atoms with van der Waals surface area (Å²) in [6.07, 6.45) is 3.70. The molecule has 0 unspecified atom stereocenters. The molecular formula is C11H14INZn. The van der Waals surface area contributed by atoms with Crippen LogP contribution in [-0.4, -0.2) is 14.1 Å². The van der Waals surface area contributed by atoms with Gasteiger partial charge in [-0.05, 0) is 12.1 Å². The van der Waals surface area contributed by atoms with E-state index >= 15 is 0 Å². The van der Waals surface area contributed by atoms with Gasteiger partial charge in [0.15, 0.2) is 0 Å². The summed E-state index contributed by atoms with van der Waals surface area (Å²) in [7, 11) is 4.08. The number of benzene rings is 1. The second kappa shape index (κ2) is 8.42. The summed E-state index contributed by atoms with van der Waals surface area (Å²) in [5, 5.41) is 0. The van der Waals surface area contributed by atoms with Gasteiger partial charge in [0.1, 0.15) is 0 Å². The predicted molar refractivity (Wildman–Crippen MR) is 67.4 cm³/mol. The first-order valence-corrected chi connectivity index (χ1v) is 13.3. The van der Waals surface area contributed by atoms with E-state index in [1.54, 1.807) is 0 Å². The van der Waals surface area contributed by atoms with E-state index in [9.17, 15) is 0 Å². The van der Waals surface area contributed by atoms with Gasteiger partial charge in [-0.15, -0.1) is 0 Å². The summed E-state index contributed by atoms with van der Waals surface area (Å²) < 4.78 is 0. The molecule has 0 saturated carbocycles. The van der Waals surface area contributed by atoms with Crippen LogP contribution < -0.4 is 4.90 Å². The van der Waals surface area contributed by atoms with Crippen LogP contribution in [0.15, 0.2) is 30.8 Å². The molecule has 14 heavy (non-hydrogen) atoms. The molecule has 0 aliphatic rings. The van der Waals surface area contributed by atoms with Gasteiger partial charge in [0.2, 0.25) is 0 Å². The Labute approximate surface area is 107 Å². The van der Waals surface area contributed by atoms with Crippen molar-refractivity contribution >= 4 is 25.4 Å². The zero-order valence-corrected chi connectivity index (χ0v) is 13.9. The molecule has 1 aromatic rings. The zero-order chi connectivity index (χ0) is 11.0. The quantitative estimate of drug-likeness (QED) is 0.459. The fourth-order valence-electron chi connectivity index (χ4n) is 1.09. The number of hydrogen-bond donors (Lipinski definition) is 0. The van der Waals surface area contributed by atoms with Gasteiger partial charge in [-0.25, -0.2) is 0 Å². The van der Waals surface area contributed by atoms with Crippen LogP contribution in [0.1, 0.15) is 5.56 Å². The van der Waals surface area contributed by atoms with Crippen molar-refractivity contribution in [1.29, 1.82) is 0 Å². The van der Waals surface area contributed by atoms with Crippen LogP contribution in [0.5, 0.6) is 0 Å². The van der Waals surface area contributed by atoms with Gasteiger partial charge in [-0.1, -0.05) is 17.7 Å². The average Bonchev–Trinajstić information content (AvgIpc) is 2.22. The molecule has 0 aliphatic heterocycles. The third kappa shape index (κ3) is 5.11. The fraction of sp³-hybridized carbons (Fsp3) is 0.273. The third-order valence-corrected chi connectivity index (χ3v) is 1.76. The summed E-state index contributed by atoms with van der Waals surface area (Å²) >= 11 is 3.62. The van der Waals surface area contributed by atoms with Crippen molar-refractivity contribution in [2.24, 2.45) is 0 Å². The van der Waals surface area contributed by atoms with Gasteiger partial charge in [-0.3, -0.25) is 6.58 Å². The van der Waals surface area contributed by atoms with Crippen molar-refractivity contribution in [2.75, 3.05) is 19.0 Å². The molecule has 0 atom stereocenters. The minimum absolute atomic E-state index is 0.821. The van der Waals surface area contributed by atoms with Crippen molar-refractivity contribution in [1.82, 2.24) is 0 Å². The summed E-state index contributed by atoms with van der Waals surface area (Å²) in [5.74, 6) is 0. The Hall–Kier alpha value is 0.113. The van der Waals surface area contributed by atoms with Crippen molar-refractivity contribution in [3.8, 4) is 0 Å². The summed E-state index contributed by atoms with van der Waals surface area (Å²) in [6.45, 7) is 3.59. The molecule has 72 valence electrons. The normalized spacial score (nSPS) is 8.64. The minimum atomic E-state index is 0.821. The molecule has 1 nitrogen and oxygen atoms in total. The van der Waals surface area contributed by atoms with E-state index in [0.717, 1.165) is 6.42 Å². The van der Waals surface area contributed by atoms with Gasteiger partial charge in [-0.2, -0.15) is 6.42 Å². The van der Waals surface area contributed by atoms with E-state index in [2.05, 4.69) is 61.6 Å². The van der Waals surface area contributed by atoms with Crippen molar-refractivity contribution in [3.05, 3.63) is 42.5 Å². The molecule has 0 spiro atoms. The third-order valence-electron chi connectivity index (χ3n) is 1.76. The zero-order valence-electron chi connectivity index (χ0n) is 8.76. The molecular weight excluding hydrogens is 338 g/mol. The van der Waals surface area contributed by atoms with E-state index in [0.29, 0.717) is 0 Å². The monoisotopic (exact) mass is 351 g/mol. The second-order valence-corrected chi connectivity index (χ2v) is 2.99. The van der Waals surface area contributed by atoms with Gasteiger partial charge >= 0.3 is 34.5 Å². The van der Waals surface area contributed by atoms with Crippen molar-refractivity contribution in [2.45, 2.75) is 6.42 Å². The first-order valence-electron chi connectivity index (χ1n) is 4.27. The van der Waals surface area contributed by atoms with Gasteiger partial charge < -0.3 is 11.0 Å². The number of rotatable bonds is 3. The maximum absolute atomic E-state index is 3.59. The first kappa shape index (κ1) is 14.1. The molecule has 0 N–H and O–H groups in total.